The van der Waals surface area contributed by atoms with Gasteiger partial charge >= 0.3 is 6.03 Å². The number of aromatic nitrogens is 1. The zero-order valence-corrected chi connectivity index (χ0v) is 16.9. The number of unbranched alkanes of at least 4 members (excludes halogenated alkanes) is 2. The molecular formula is C23H33N3O. The lowest BCUT2D eigenvalue weighted by atomic mass is 9.84. The molecule has 1 aromatic carbocycles. The van der Waals surface area contributed by atoms with E-state index in [4.69, 9.17) is 5.73 Å². The summed E-state index contributed by atoms with van der Waals surface area (Å²) in [5, 5.41) is 0. The Morgan fingerprint density at radius 2 is 1.81 bits per heavy atom. The lowest BCUT2D eigenvalue weighted by Crippen LogP contribution is -2.52. The number of hydrogen-bond acceptors (Lipinski definition) is 2. The van der Waals surface area contributed by atoms with Crippen molar-refractivity contribution in [2.24, 2.45) is 11.7 Å². The maximum absolute atomic E-state index is 12.5. The Bertz CT molecular complexity index is 689. The van der Waals surface area contributed by atoms with Gasteiger partial charge in [-0.25, -0.2) is 4.79 Å². The minimum absolute atomic E-state index is 0.300. The molecule has 2 aromatic rings. The van der Waals surface area contributed by atoms with Gasteiger partial charge in [0.15, 0.2) is 0 Å². The van der Waals surface area contributed by atoms with E-state index in [0.29, 0.717) is 12.5 Å². The quantitative estimate of drug-likeness (QED) is 0.591. The monoisotopic (exact) mass is 367 g/mol. The third kappa shape index (κ3) is 5.81. The lowest BCUT2D eigenvalue weighted by molar-refractivity contribution is 0.106. The molecule has 4 heteroatoms. The molecule has 27 heavy (non-hydrogen) atoms. The molecular weight excluding hydrogens is 334 g/mol. The van der Waals surface area contributed by atoms with Crippen LogP contribution in [0.3, 0.4) is 0 Å². The van der Waals surface area contributed by atoms with Crippen LogP contribution in [-0.2, 0) is 12.0 Å². The average molecular weight is 368 g/mol. The van der Waals surface area contributed by atoms with Crippen LogP contribution >= 0.6 is 0 Å². The minimum Gasteiger partial charge on any atom is -0.351 e. The first-order valence-corrected chi connectivity index (χ1v) is 9.99. The highest BCUT2D eigenvalue weighted by Gasteiger charge is 2.36. The molecule has 2 amide bonds. The Kier molecular flexibility index (Phi) is 7.83. The smallest absolute Gasteiger partial charge is 0.315 e. The number of hydrogen-bond donors (Lipinski definition) is 1. The van der Waals surface area contributed by atoms with Crippen LogP contribution in [0, 0.1) is 5.92 Å². The molecule has 146 valence electrons. The van der Waals surface area contributed by atoms with Crippen molar-refractivity contribution in [3.63, 3.8) is 0 Å². The van der Waals surface area contributed by atoms with E-state index in [9.17, 15) is 4.79 Å². The van der Waals surface area contributed by atoms with Crippen LogP contribution in [0.2, 0.25) is 0 Å². The van der Waals surface area contributed by atoms with Gasteiger partial charge in [-0.2, -0.15) is 0 Å². The molecule has 0 aliphatic heterocycles. The van der Waals surface area contributed by atoms with Crippen LogP contribution in [0.4, 0.5) is 4.79 Å². The predicted octanol–water partition coefficient (Wildman–Crippen LogP) is 5.14. The molecule has 2 unspecified atom stereocenters. The van der Waals surface area contributed by atoms with Crippen LogP contribution in [0.1, 0.15) is 57.6 Å². The molecule has 0 aliphatic carbocycles. The Morgan fingerprint density at radius 3 is 2.41 bits per heavy atom. The zero-order chi connectivity index (χ0) is 19.7. The highest BCUT2D eigenvalue weighted by Crippen LogP contribution is 2.34. The normalized spacial score (nSPS) is 14.3. The van der Waals surface area contributed by atoms with Gasteiger partial charge < -0.3 is 10.6 Å². The summed E-state index contributed by atoms with van der Waals surface area (Å²) in [6.45, 7) is 7.16. The van der Waals surface area contributed by atoms with E-state index in [-0.39, 0.29) is 6.03 Å². The molecule has 0 spiro atoms. The third-order valence-corrected chi connectivity index (χ3v) is 5.35. The van der Waals surface area contributed by atoms with E-state index >= 15 is 0 Å². The summed E-state index contributed by atoms with van der Waals surface area (Å²) in [4.78, 5) is 18.4. The second-order valence-corrected chi connectivity index (χ2v) is 7.71. The summed E-state index contributed by atoms with van der Waals surface area (Å²) < 4.78 is 0. The van der Waals surface area contributed by atoms with Crippen LogP contribution in [-0.4, -0.2) is 22.5 Å². The molecule has 4 nitrogen and oxygen atoms in total. The largest absolute Gasteiger partial charge is 0.351 e. The van der Waals surface area contributed by atoms with Crippen molar-refractivity contribution < 1.29 is 4.79 Å². The van der Waals surface area contributed by atoms with Crippen LogP contribution < -0.4 is 5.73 Å². The summed E-state index contributed by atoms with van der Waals surface area (Å²) in [5.41, 5.74) is 7.87. The maximum Gasteiger partial charge on any atom is 0.315 e. The van der Waals surface area contributed by atoms with Crippen molar-refractivity contribution in [1.82, 2.24) is 9.88 Å². The lowest BCUT2D eigenvalue weighted by Gasteiger charge is -2.42. The number of carbonyl (C=O) groups excluding carboxylic acids is 1. The second-order valence-electron chi connectivity index (χ2n) is 7.71. The Labute approximate surface area is 163 Å². The number of urea groups is 1. The zero-order valence-electron chi connectivity index (χ0n) is 16.9. The Morgan fingerprint density at radius 1 is 1.15 bits per heavy atom. The molecule has 2 N–H and O–H groups in total. The predicted molar refractivity (Wildman–Crippen MR) is 111 cm³/mol. The molecule has 1 aromatic heterocycles. The first-order valence-electron chi connectivity index (χ1n) is 9.99. The van der Waals surface area contributed by atoms with E-state index < -0.39 is 5.54 Å². The fourth-order valence-electron chi connectivity index (χ4n) is 3.78. The fraction of sp³-hybridized carbons (Fsp3) is 0.478. The molecule has 0 radical (unpaired) electrons. The van der Waals surface area contributed by atoms with Gasteiger partial charge in [-0.15, -0.1) is 0 Å². The summed E-state index contributed by atoms with van der Waals surface area (Å²) in [6, 6.07) is 14.0. The van der Waals surface area contributed by atoms with E-state index in [2.05, 4.69) is 37.9 Å². The summed E-state index contributed by atoms with van der Waals surface area (Å²) in [6.07, 6.45) is 8.81. The van der Waals surface area contributed by atoms with Crippen molar-refractivity contribution in [2.75, 3.05) is 6.54 Å². The summed E-state index contributed by atoms with van der Waals surface area (Å²) in [7, 11) is 0. The number of nitrogens with zero attached hydrogens (tertiary/aromatic N) is 2. The van der Waals surface area contributed by atoms with Gasteiger partial charge in [-0.1, -0.05) is 63.4 Å². The van der Waals surface area contributed by atoms with Gasteiger partial charge in [0.2, 0.25) is 0 Å². The SMILES string of the molecule is CCCCCC(C)(c1ccccc1)N(CC(C)Cc1ccncc1)C(N)=O. The number of primary amides is 1. The third-order valence-electron chi connectivity index (χ3n) is 5.35. The number of carbonyl (C=O) groups is 1. The topological polar surface area (TPSA) is 59.2 Å². The van der Waals surface area contributed by atoms with Gasteiger partial charge in [-0.3, -0.25) is 4.98 Å². The van der Waals surface area contributed by atoms with E-state index in [0.717, 1.165) is 37.7 Å². The van der Waals surface area contributed by atoms with Gasteiger partial charge in [-0.05, 0) is 48.9 Å². The number of rotatable bonds is 10. The fourth-order valence-corrected chi connectivity index (χ4v) is 3.78. The van der Waals surface area contributed by atoms with Crippen molar-refractivity contribution in [2.45, 2.75) is 58.4 Å². The molecule has 0 saturated heterocycles. The molecule has 2 atom stereocenters. The van der Waals surface area contributed by atoms with Crippen LogP contribution in [0.5, 0.6) is 0 Å². The number of amides is 2. The Hall–Kier alpha value is -2.36. The summed E-state index contributed by atoms with van der Waals surface area (Å²) >= 11 is 0. The first-order chi connectivity index (χ1) is 13.0. The van der Waals surface area contributed by atoms with Crippen LogP contribution in [0.15, 0.2) is 54.9 Å². The van der Waals surface area contributed by atoms with Gasteiger partial charge in [0.05, 0.1) is 5.54 Å². The van der Waals surface area contributed by atoms with Gasteiger partial charge in [0.25, 0.3) is 0 Å². The van der Waals surface area contributed by atoms with E-state index in [1.807, 2.05) is 47.6 Å². The standard InChI is InChI=1S/C23H33N3O/c1-4-5-9-14-23(3,21-10-7-6-8-11-21)26(22(24)27)18-19(2)17-20-12-15-25-16-13-20/h6-8,10-13,15-16,19H,4-5,9,14,17-18H2,1-3H3,(H2,24,27). The van der Waals surface area contributed by atoms with E-state index in [1.54, 1.807) is 0 Å². The van der Waals surface area contributed by atoms with Crippen molar-refractivity contribution in [3.05, 3.63) is 66.0 Å². The molecule has 1 heterocycles. The number of nitrogens with two attached hydrogens (primary N) is 1. The summed E-state index contributed by atoms with van der Waals surface area (Å²) in [5.74, 6) is 0.300. The van der Waals surface area contributed by atoms with Gasteiger partial charge in [0, 0.05) is 18.9 Å². The molecule has 2 rings (SSSR count). The maximum atomic E-state index is 12.5. The van der Waals surface area contributed by atoms with Crippen molar-refractivity contribution in [1.29, 1.82) is 0 Å². The highest BCUT2D eigenvalue weighted by atomic mass is 16.2. The molecule has 0 aliphatic rings. The van der Waals surface area contributed by atoms with Crippen molar-refractivity contribution >= 4 is 6.03 Å². The Balaban J connectivity index is 2.23. The highest BCUT2D eigenvalue weighted by molar-refractivity contribution is 5.73. The van der Waals surface area contributed by atoms with E-state index in [1.165, 1.54) is 5.56 Å². The van der Waals surface area contributed by atoms with Gasteiger partial charge in [0.1, 0.15) is 0 Å². The number of benzene rings is 1. The molecule has 0 saturated carbocycles. The van der Waals surface area contributed by atoms with Crippen molar-refractivity contribution in [3.8, 4) is 0 Å². The number of pyridine rings is 1. The second kappa shape index (κ2) is 10.1. The van der Waals surface area contributed by atoms with Crippen LogP contribution in [0.25, 0.3) is 0 Å². The average Bonchev–Trinajstić information content (AvgIpc) is 2.67. The molecule has 0 bridgehead atoms. The minimum atomic E-state index is -0.394. The molecule has 0 fully saturated rings. The first kappa shape index (κ1) is 20.9.